The Bertz CT molecular complexity index is 1400. The third-order valence-corrected chi connectivity index (χ3v) is 5.92. The number of pyridine rings is 1. The molecule has 5 rings (SSSR count). The van der Waals surface area contributed by atoms with Crippen LogP contribution < -0.4 is 14.8 Å². The van der Waals surface area contributed by atoms with Gasteiger partial charge in [0.1, 0.15) is 5.82 Å². The molecular weight excluding hydrogens is 410 g/mol. The molecule has 8 heteroatoms. The zero-order valence-corrected chi connectivity index (χ0v) is 18.0. The number of ether oxygens (including phenoxy) is 2. The molecule has 1 N–H and O–H groups in total. The van der Waals surface area contributed by atoms with Gasteiger partial charge in [-0.05, 0) is 43.3 Å². The number of methoxy groups -OCH3 is 2. The van der Waals surface area contributed by atoms with Crippen LogP contribution >= 0.6 is 11.3 Å². The predicted octanol–water partition coefficient (Wildman–Crippen LogP) is 5.37. The number of benzene rings is 2. The molecule has 0 atom stereocenters. The predicted molar refractivity (Wildman–Crippen MR) is 124 cm³/mol. The van der Waals surface area contributed by atoms with Crippen LogP contribution in [0.3, 0.4) is 0 Å². The van der Waals surface area contributed by atoms with Gasteiger partial charge in [-0.25, -0.2) is 9.97 Å². The number of nitrogens with zero attached hydrogens (tertiary/aromatic N) is 4. The van der Waals surface area contributed by atoms with E-state index in [9.17, 15) is 0 Å². The topological polar surface area (TPSA) is 82.1 Å². The van der Waals surface area contributed by atoms with E-state index in [0.29, 0.717) is 11.5 Å². The smallest absolute Gasteiger partial charge is 0.162 e. The van der Waals surface area contributed by atoms with Crippen LogP contribution in [0, 0.1) is 6.92 Å². The van der Waals surface area contributed by atoms with Gasteiger partial charge in [0.15, 0.2) is 11.5 Å². The van der Waals surface area contributed by atoms with E-state index >= 15 is 0 Å². The summed E-state index contributed by atoms with van der Waals surface area (Å²) in [5.41, 5.74) is 4.58. The van der Waals surface area contributed by atoms with Gasteiger partial charge in [-0.15, -0.1) is 11.3 Å². The first-order valence-corrected chi connectivity index (χ1v) is 10.4. The second kappa shape index (κ2) is 7.81. The number of thiazole rings is 1. The van der Waals surface area contributed by atoms with E-state index < -0.39 is 0 Å². The zero-order chi connectivity index (χ0) is 21.4. The monoisotopic (exact) mass is 429 g/mol. The van der Waals surface area contributed by atoms with Crippen LogP contribution in [-0.4, -0.2) is 34.4 Å². The molecule has 2 aromatic carbocycles. The molecule has 0 unspecified atom stereocenters. The van der Waals surface area contributed by atoms with Crippen molar-refractivity contribution in [2.75, 3.05) is 19.5 Å². The van der Waals surface area contributed by atoms with Crippen LogP contribution in [0.15, 0.2) is 54.9 Å². The SMILES string of the molecule is COc1cc2nncc(-c3ccc(Nc4ccc5nc(C)sc5c4)nc3)c2cc1OC. The van der Waals surface area contributed by atoms with Gasteiger partial charge < -0.3 is 14.8 Å². The highest BCUT2D eigenvalue weighted by Crippen LogP contribution is 2.35. The third kappa shape index (κ3) is 3.62. The van der Waals surface area contributed by atoms with Crippen molar-refractivity contribution in [3.63, 3.8) is 0 Å². The third-order valence-electron chi connectivity index (χ3n) is 4.99. The number of hydrogen-bond acceptors (Lipinski definition) is 8. The Morgan fingerprint density at radius 2 is 1.74 bits per heavy atom. The minimum absolute atomic E-state index is 0.618. The van der Waals surface area contributed by atoms with E-state index in [0.717, 1.165) is 48.8 Å². The first-order chi connectivity index (χ1) is 15.1. The van der Waals surface area contributed by atoms with Crippen molar-refractivity contribution in [2.24, 2.45) is 0 Å². The van der Waals surface area contributed by atoms with Gasteiger partial charge in [0, 0.05) is 34.5 Å². The highest BCUT2D eigenvalue weighted by atomic mass is 32.1. The molecule has 0 bridgehead atoms. The molecule has 0 fully saturated rings. The summed E-state index contributed by atoms with van der Waals surface area (Å²) in [6, 6.07) is 13.8. The lowest BCUT2D eigenvalue weighted by molar-refractivity contribution is 0.356. The van der Waals surface area contributed by atoms with Crippen LogP contribution in [0.25, 0.3) is 32.2 Å². The van der Waals surface area contributed by atoms with Crippen molar-refractivity contribution in [3.8, 4) is 22.6 Å². The number of fused-ring (bicyclic) bond motifs is 2. The molecule has 0 aliphatic carbocycles. The van der Waals surface area contributed by atoms with E-state index in [1.165, 1.54) is 0 Å². The fourth-order valence-electron chi connectivity index (χ4n) is 3.51. The van der Waals surface area contributed by atoms with Gasteiger partial charge in [-0.2, -0.15) is 10.2 Å². The Labute approximate surface area is 182 Å². The lowest BCUT2D eigenvalue weighted by Crippen LogP contribution is -1.95. The van der Waals surface area contributed by atoms with Crippen molar-refractivity contribution in [1.82, 2.24) is 20.2 Å². The minimum Gasteiger partial charge on any atom is -0.493 e. The average molecular weight is 430 g/mol. The summed E-state index contributed by atoms with van der Waals surface area (Å²) in [4.78, 5) is 9.09. The summed E-state index contributed by atoms with van der Waals surface area (Å²) in [6.07, 6.45) is 3.56. The highest BCUT2D eigenvalue weighted by Gasteiger charge is 2.12. The van der Waals surface area contributed by atoms with Gasteiger partial charge >= 0.3 is 0 Å². The maximum absolute atomic E-state index is 5.45. The molecule has 3 aromatic heterocycles. The first-order valence-electron chi connectivity index (χ1n) is 9.62. The number of rotatable bonds is 5. The summed E-state index contributed by atoms with van der Waals surface area (Å²) in [5.74, 6) is 2.02. The van der Waals surface area contributed by atoms with Crippen LogP contribution in [-0.2, 0) is 0 Å². The van der Waals surface area contributed by atoms with E-state index in [1.54, 1.807) is 31.8 Å². The zero-order valence-electron chi connectivity index (χ0n) is 17.2. The molecule has 3 heterocycles. The van der Waals surface area contributed by atoms with Gasteiger partial charge in [0.25, 0.3) is 0 Å². The molecule has 5 aromatic rings. The van der Waals surface area contributed by atoms with Crippen LogP contribution in [0.2, 0.25) is 0 Å². The second-order valence-corrected chi connectivity index (χ2v) is 8.19. The molecule has 0 saturated carbocycles. The van der Waals surface area contributed by atoms with Crippen molar-refractivity contribution in [1.29, 1.82) is 0 Å². The van der Waals surface area contributed by atoms with Crippen LogP contribution in [0.4, 0.5) is 11.5 Å². The second-order valence-electron chi connectivity index (χ2n) is 6.96. The largest absolute Gasteiger partial charge is 0.493 e. The molecule has 0 saturated heterocycles. The summed E-state index contributed by atoms with van der Waals surface area (Å²) >= 11 is 1.68. The Balaban J connectivity index is 1.47. The van der Waals surface area contributed by atoms with Crippen molar-refractivity contribution < 1.29 is 9.47 Å². The van der Waals surface area contributed by atoms with E-state index in [1.807, 2.05) is 49.5 Å². The molecule has 0 aliphatic heterocycles. The van der Waals surface area contributed by atoms with Gasteiger partial charge in [-0.3, -0.25) is 0 Å². The van der Waals surface area contributed by atoms with Crippen LogP contribution in [0.1, 0.15) is 5.01 Å². The summed E-state index contributed by atoms with van der Waals surface area (Å²) in [5, 5.41) is 13.7. The summed E-state index contributed by atoms with van der Waals surface area (Å²) in [6.45, 7) is 2.02. The Morgan fingerprint density at radius 1 is 0.903 bits per heavy atom. The number of nitrogens with one attached hydrogen (secondary N) is 1. The molecular formula is C23H19N5O2S. The van der Waals surface area contributed by atoms with Crippen molar-refractivity contribution >= 4 is 44.0 Å². The Morgan fingerprint density at radius 3 is 2.52 bits per heavy atom. The first kappa shape index (κ1) is 19.2. The lowest BCUT2D eigenvalue weighted by atomic mass is 10.0. The fourth-order valence-corrected chi connectivity index (χ4v) is 4.37. The molecule has 0 amide bonds. The fraction of sp³-hybridized carbons (Fsp3) is 0.130. The number of aromatic nitrogens is 4. The number of aryl methyl sites for hydroxylation is 1. The van der Waals surface area contributed by atoms with E-state index in [4.69, 9.17) is 9.47 Å². The maximum atomic E-state index is 5.45. The molecule has 0 radical (unpaired) electrons. The van der Waals surface area contributed by atoms with Crippen molar-refractivity contribution in [2.45, 2.75) is 6.92 Å². The van der Waals surface area contributed by atoms with Gasteiger partial charge in [-0.1, -0.05) is 0 Å². The minimum atomic E-state index is 0.618. The highest BCUT2D eigenvalue weighted by molar-refractivity contribution is 7.18. The van der Waals surface area contributed by atoms with Gasteiger partial charge in [0.2, 0.25) is 0 Å². The van der Waals surface area contributed by atoms with E-state index in [-0.39, 0.29) is 0 Å². The lowest BCUT2D eigenvalue weighted by Gasteiger charge is -2.11. The Kier molecular flexibility index (Phi) is 4.83. The summed E-state index contributed by atoms with van der Waals surface area (Å²) in [7, 11) is 3.22. The maximum Gasteiger partial charge on any atom is 0.162 e. The van der Waals surface area contributed by atoms with Gasteiger partial charge in [0.05, 0.1) is 41.2 Å². The van der Waals surface area contributed by atoms with E-state index in [2.05, 4.69) is 31.5 Å². The quantitative estimate of drug-likeness (QED) is 0.402. The number of hydrogen-bond donors (Lipinski definition) is 1. The number of anilines is 2. The normalized spacial score (nSPS) is 11.1. The standard InChI is InChI=1S/C23H19N5O2S/c1-13-26-18-6-5-15(8-22(18)31-13)27-23-7-4-14(11-24-23)17-12-25-28-19-10-21(30-3)20(29-2)9-16(17)19/h4-12H,1-3H3,(H,24,27). The molecule has 0 aliphatic rings. The van der Waals surface area contributed by atoms with Crippen molar-refractivity contribution in [3.05, 3.63) is 59.9 Å². The molecule has 31 heavy (non-hydrogen) atoms. The molecule has 0 spiro atoms. The molecule has 7 nitrogen and oxygen atoms in total. The Hall–Kier alpha value is -3.78. The summed E-state index contributed by atoms with van der Waals surface area (Å²) < 4.78 is 12.0. The van der Waals surface area contributed by atoms with Crippen LogP contribution in [0.5, 0.6) is 11.5 Å². The molecule has 154 valence electrons. The average Bonchev–Trinajstić information content (AvgIpc) is 3.17.